The molecule has 0 spiro atoms. The van der Waals surface area contributed by atoms with Crippen molar-refractivity contribution in [3.63, 3.8) is 0 Å². The van der Waals surface area contributed by atoms with Gasteiger partial charge in [-0.05, 0) is 35.9 Å². The topological polar surface area (TPSA) is 26.0 Å². The van der Waals surface area contributed by atoms with Crippen LogP contribution in [0.5, 0.6) is 0 Å². The summed E-state index contributed by atoms with van der Waals surface area (Å²) in [6, 6.07) is 8.44. The first-order valence-electron chi connectivity index (χ1n) is 4.63. The second-order valence-electron chi connectivity index (χ2n) is 4.03. The van der Waals surface area contributed by atoms with Crippen LogP contribution in [-0.2, 0) is 5.41 Å². The van der Waals surface area contributed by atoms with Gasteiger partial charge in [-0.3, -0.25) is 0 Å². The summed E-state index contributed by atoms with van der Waals surface area (Å²) in [4.78, 5) is 0. The lowest BCUT2D eigenvalue weighted by Crippen LogP contribution is -2.12. The van der Waals surface area contributed by atoms with Crippen LogP contribution in [0.3, 0.4) is 0 Å². The summed E-state index contributed by atoms with van der Waals surface area (Å²) in [5, 5.41) is 0. The monoisotopic (exact) mass is 239 g/mol. The lowest BCUT2D eigenvalue weighted by atomic mass is 9.96. The van der Waals surface area contributed by atoms with Gasteiger partial charge in [0.2, 0.25) is 0 Å². The number of nitrogens with two attached hydrogens (primary N) is 1. The maximum Gasteiger partial charge on any atom is 0.0212 e. The lowest BCUT2D eigenvalue weighted by molar-refractivity contribution is 0.663. The van der Waals surface area contributed by atoms with Crippen LogP contribution >= 0.6 is 15.9 Å². The summed E-state index contributed by atoms with van der Waals surface area (Å²) in [5.74, 6) is 0.672. The molecule has 0 bridgehead atoms. The predicted molar refractivity (Wildman–Crippen MR) is 58.7 cm³/mol. The van der Waals surface area contributed by atoms with Gasteiger partial charge in [-0.2, -0.15) is 0 Å². The Kier molecular flexibility index (Phi) is 2.20. The van der Waals surface area contributed by atoms with Crippen LogP contribution in [-0.4, -0.2) is 6.54 Å². The second kappa shape index (κ2) is 3.10. The summed E-state index contributed by atoms with van der Waals surface area (Å²) in [7, 11) is 0. The molecule has 1 aliphatic rings. The molecule has 13 heavy (non-hydrogen) atoms. The zero-order valence-corrected chi connectivity index (χ0v) is 9.34. The van der Waals surface area contributed by atoms with Gasteiger partial charge in [0.1, 0.15) is 0 Å². The van der Waals surface area contributed by atoms with Crippen molar-refractivity contribution in [2.24, 2.45) is 11.7 Å². The molecule has 0 saturated heterocycles. The first kappa shape index (κ1) is 9.22. The van der Waals surface area contributed by atoms with E-state index in [0.29, 0.717) is 11.3 Å². The number of hydrogen-bond donors (Lipinski definition) is 1. The normalized spacial score (nSPS) is 31.8. The molecule has 1 unspecified atom stereocenters. The fourth-order valence-corrected chi connectivity index (χ4v) is 2.79. The van der Waals surface area contributed by atoms with Crippen molar-refractivity contribution in [2.45, 2.75) is 18.8 Å². The molecule has 1 aromatic rings. The Labute approximate surface area is 87.5 Å². The Morgan fingerprint density at radius 1 is 1.54 bits per heavy atom. The van der Waals surface area contributed by atoms with E-state index in [9.17, 15) is 0 Å². The maximum absolute atomic E-state index is 5.68. The predicted octanol–water partition coefficient (Wildman–Crippen LogP) is 2.69. The summed E-state index contributed by atoms with van der Waals surface area (Å²) in [5.41, 5.74) is 7.42. The highest BCUT2D eigenvalue weighted by Gasteiger charge is 2.50. The van der Waals surface area contributed by atoms with E-state index in [2.05, 4.69) is 47.1 Å². The van der Waals surface area contributed by atoms with E-state index in [1.165, 1.54) is 16.5 Å². The molecule has 1 saturated carbocycles. The molecule has 70 valence electrons. The van der Waals surface area contributed by atoms with Crippen molar-refractivity contribution in [3.05, 3.63) is 34.3 Å². The third-order valence-electron chi connectivity index (χ3n) is 3.19. The maximum atomic E-state index is 5.68. The standard InChI is InChI=1S/C11H14BrN/c1-11(6-8(11)7-13)9-4-2-3-5-10(9)12/h2-5,8H,6-7,13H2,1H3/t8-,11?/m0/s1. The Balaban J connectivity index is 2.32. The van der Waals surface area contributed by atoms with Gasteiger partial charge in [0, 0.05) is 4.47 Å². The minimum Gasteiger partial charge on any atom is -0.330 e. The van der Waals surface area contributed by atoms with E-state index in [4.69, 9.17) is 5.73 Å². The quantitative estimate of drug-likeness (QED) is 0.844. The molecule has 1 nitrogen and oxygen atoms in total. The van der Waals surface area contributed by atoms with Gasteiger partial charge in [0.25, 0.3) is 0 Å². The fraction of sp³-hybridized carbons (Fsp3) is 0.455. The molecule has 0 amide bonds. The molecule has 0 radical (unpaired) electrons. The van der Waals surface area contributed by atoms with Gasteiger partial charge < -0.3 is 5.73 Å². The van der Waals surface area contributed by atoms with Crippen LogP contribution in [0.15, 0.2) is 28.7 Å². The minimum absolute atomic E-state index is 0.328. The summed E-state index contributed by atoms with van der Waals surface area (Å²) in [6.45, 7) is 3.10. The minimum atomic E-state index is 0.328. The largest absolute Gasteiger partial charge is 0.330 e. The van der Waals surface area contributed by atoms with Crippen molar-refractivity contribution in [1.82, 2.24) is 0 Å². The van der Waals surface area contributed by atoms with Gasteiger partial charge in [-0.1, -0.05) is 41.1 Å². The van der Waals surface area contributed by atoms with E-state index in [0.717, 1.165) is 6.54 Å². The molecule has 1 fully saturated rings. The number of rotatable bonds is 2. The Bertz CT molecular complexity index is 324. The highest BCUT2D eigenvalue weighted by molar-refractivity contribution is 9.10. The van der Waals surface area contributed by atoms with Crippen molar-refractivity contribution in [1.29, 1.82) is 0 Å². The van der Waals surface area contributed by atoms with E-state index < -0.39 is 0 Å². The molecule has 0 aliphatic heterocycles. The van der Waals surface area contributed by atoms with Crippen molar-refractivity contribution < 1.29 is 0 Å². The van der Waals surface area contributed by atoms with Crippen LogP contribution in [0.25, 0.3) is 0 Å². The van der Waals surface area contributed by atoms with E-state index >= 15 is 0 Å². The Morgan fingerprint density at radius 3 is 2.77 bits per heavy atom. The fourth-order valence-electron chi connectivity index (χ4n) is 2.05. The third-order valence-corrected chi connectivity index (χ3v) is 3.88. The average Bonchev–Trinajstić information content (AvgIpc) is 2.79. The smallest absolute Gasteiger partial charge is 0.0212 e. The molecule has 1 aliphatic carbocycles. The van der Waals surface area contributed by atoms with Gasteiger partial charge in [-0.25, -0.2) is 0 Å². The van der Waals surface area contributed by atoms with E-state index in [-0.39, 0.29) is 0 Å². The second-order valence-corrected chi connectivity index (χ2v) is 4.89. The van der Waals surface area contributed by atoms with Crippen LogP contribution in [0.4, 0.5) is 0 Å². The van der Waals surface area contributed by atoms with Gasteiger partial charge in [0.05, 0.1) is 0 Å². The molecule has 2 heteroatoms. The van der Waals surface area contributed by atoms with Crippen molar-refractivity contribution in [2.75, 3.05) is 6.54 Å². The van der Waals surface area contributed by atoms with Crippen molar-refractivity contribution >= 4 is 15.9 Å². The van der Waals surface area contributed by atoms with Crippen LogP contribution < -0.4 is 5.73 Å². The summed E-state index contributed by atoms with van der Waals surface area (Å²) < 4.78 is 1.22. The molecule has 1 aromatic carbocycles. The molecule has 2 atom stereocenters. The molecular formula is C11H14BrN. The number of halogens is 1. The van der Waals surface area contributed by atoms with Crippen LogP contribution in [0, 0.1) is 5.92 Å². The molecule has 0 heterocycles. The SMILES string of the molecule is CC1(c2ccccc2Br)C[C@H]1CN. The molecule has 2 rings (SSSR count). The van der Waals surface area contributed by atoms with Gasteiger partial charge in [0.15, 0.2) is 0 Å². The highest BCUT2D eigenvalue weighted by atomic mass is 79.9. The first-order chi connectivity index (χ1) is 6.18. The lowest BCUT2D eigenvalue weighted by Gasteiger charge is -2.12. The number of benzene rings is 1. The molecule has 0 aromatic heterocycles. The summed E-state index contributed by atoms with van der Waals surface area (Å²) >= 11 is 3.59. The Morgan fingerprint density at radius 2 is 2.23 bits per heavy atom. The van der Waals surface area contributed by atoms with Crippen LogP contribution in [0.2, 0.25) is 0 Å². The molecule has 2 N–H and O–H groups in total. The first-order valence-corrected chi connectivity index (χ1v) is 5.43. The summed E-state index contributed by atoms with van der Waals surface area (Å²) in [6.07, 6.45) is 1.23. The third kappa shape index (κ3) is 1.42. The highest BCUT2D eigenvalue weighted by Crippen LogP contribution is 2.54. The number of hydrogen-bond acceptors (Lipinski definition) is 1. The van der Waals surface area contributed by atoms with E-state index in [1.807, 2.05) is 0 Å². The average molecular weight is 240 g/mol. The van der Waals surface area contributed by atoms with Crippen molar-refractivity contribution in [3.8, 4) is 0 Å². The van der Waals surface area contributed by atoms with Gasteiger partial charge in [-0.15, -0.1) is 0 Å². The van der Waals surface area contributed by atoms with Crippen LogP contribution in [0.1, 0.15) is 18.9 Å². The van der Waals surface area contributed by atoms with E-state index in [1.54, 1.807) is 0 Å². The van der Waals surface area contributed by atoms with Gasteiger partial charge >= 0.3 is 0 Å². The molecular weight excluding hydrogens is 226 g/mol. The zero-order chi connectivity index (χ0) is 9.47. The Hall–Kier alpha value is -0.340. The zero-order valence-electron chi connectivity index (χ0n) is 7.76.